The molecule has 6 nitrogen and oxygen atoms in total. The molecule has 0 atom stereocenters. The van der Waals surface area contributed by atoms with E-state index in [0.717, 1.165) is 29.6 Å². The molecule has 0 bridgehead atoms. The Bertz CT molecular complexity index is 659. The number of nitrogens with one attached hydrogen (secondary N) is 1. The molecule has 0 radical (unpaired) electrons. The number of nitrogens with zero attached hydrogens (tertiary/aromatic N) is 4. The van der Waals surface area contributed by atoms with E-state index in [0.29, 0.717) is 13.1 Å². The van der Waals surface area contributed by atoms with Gasteiger partial charge in [0.25, 0.3) is 0 Å². The Kier molecular flexibility index (Phi) is 4.97. The van der Waals surface area contributed by atoms with Crippen molar-refractivity contribution in [3.63, 3.8) is 0 Å². The summed E-state index contributed by atoms with van der Waals surface area (Å²) >= 11 is 1.62. The zero-order chi connectivity index (χ0) is 16.1. The maximum Gasteiger partial charge on any atom is 0.321 e. The first kappa shape index (κ1) is 15.6. The average molecular weight is 329 g/mol. The lowest BCUT2D eigenvalue weighted by atomic mass is 10.3. The lowest BCUT2D eigenvalue weighted by Crippen LogP contribution is -2.50. The summed E-state index contributed by atoms with van der Waals surface area (Å²) in [6, 6.07) is 9.58. The van der Waals surface area contributed by atoms with Crippen LogP contribution in [0.15, 0.2) is 47.6 Å². The van der Waals surface area contributed by atoms with E-state index in [9.17, 15) is 4.79 Å². The third kappa shape index (κ3) is 3.73. The fourth-order valence-corrected chi connectivity index (χ4v) is 3.06. The fourth-order valence-electron chi connectivity index (χ4n) is 2.51. The second kappa shape index (κ2) is 7.32. The maximum atomic E-state index is 12.4. The van der Waals surface area contributed by atoms with Gasteiger partial charge >= 0.3 is 6.03 Å². The molecule has 1 saturated heterocycles. The van der Waals surface area contributed by atoms with E-state index in [-0.39, 0.29) is 6.03 Å². The second-order valence-electron chi connectivity index (χ2n) is 5.15. The average Bonchev–Trinajstić information content (AvgIpc) is 2.63. The minimum atomic E-state index is -0.0554. The van der Waals surface area contributed by atoms with Crippen LogP contribution in [0.25, 0.3) is 0 Å². The van der Waals surface area contributed by atoms with Crippen LogP contribution in [0.2, 0.25) is 0 Å². The Morgan fingerprint density at radius 3 is 2.48 bits per heavy atom. The van der Waals surface area contributed by atoms with Crippen molar-refractivity contribution in [1.82, 2.24) is 14.9 Å². The SMILES string of the molecule is CSc1ccccc1NC(=O)N1CCN(c2ncccn2)CC1. The van der Waals surface area contributed by atoms with Crippen LogP contribution in [-0.2, 0) is 0 Å². The number of hydrogen-bond donors (Lipinski definition) is 1. The first-order valence-corrected chi connectivity index (χ1v) is 8.71. The van der Waals surface area contributed by atoms with Crippen LogP contribution in [0.5, 0.6) is 0 Å². The van der Waals surface area contributed by atoms with Gasteiger partial charge in [0.15, 0.2) is 0 Å². The number of para-hydroxylation sites is 1. The second-order valence-corrected chi connectivity index (χ2v) is 6.00. The quantitative estimate of drug-likeness (QED) is 0.877. The van der Waals surface area contributed by atoms with Crippen molar-refractivity contribution >= 4 is 29.4 Å². The number of aromatic nitrogens is 2. The Balaban J connectivity index is 1.58. The van der Waals surface area contributed by atoms with Crippen molar-refractivity contribution in [2.75, 3.05) is 42.7 Å². The van der Waals surface area contributed by atoms with Crippen LogP contribution in [0.4, 0.5) is 16.4 Å². The van der Waals surface area contributed by atoms with Crippen molar-refractivity contribution in [1.29, 1.82) is 0 Å². The molecule has 7 heteroatoms. The molecule has 120 valence electrons. The first-order valence-electron chi connectivity index (χ1n) is 7.49. The number of urea groups is 1. The molecule has 1 fully saturated rings. The van der Waals surface area contributed by atoms with E-state index >= 15 is 0 Å². The molecule has 23 heavy (non-hydrogen) atoms. The van der Waals surface area contributed by atoms with Crippen LogP contribution < -0.4 is 10.2 Å². The van der Waals surface area contributed by atoms with Gasteiger partial charge in [0.05, 0.1) is 5.69 Å². The minimum absolute atomic E-state index is 0.0554. The van der Waals surface area contributed by atoms with Gasteiger partial charge in [-0.3, -0.25) is 0 Å². The highest BCUT2D eigenvalue weighted by Crippen LogP contribution is 2.25. The van der Waals surface area contributed by atoms with Gasteiger partial charge in [-0.1, -0.05) is 12.1 Å². The molecule has 0 saturated carbocycles. The van der Waals surface area contributed by atoms with Crippen LogP contribution >= 0.6 is 11.8 Å². The summed E-state index contributed by atoms with van der Waals surface area (Å²) in [6.45, 7) is 2.79. The third-order valence-corrected chi connectivity index (χ3v) is 4.55. The largest absolute Gasteiger partial charge is 0.337 e. The standard InChI is InChI=1S/C16H19N5OS/c1-23-14-6-3-2-5-13(14)19-16(22)21-11-9-20(10-12-21)15-17-7-4-8-18-15/h2-8H,9-12H2,1H3,(H,19,22). The maximum absolute atomic E-state index is 12.4. The number of hydrogen-bond acceptors (Lipinski definition) is 5. The van der Waals surface area contributed by atoms with Gasteiger partial charge in [0.2, 0.25) is 5.95 Å². The zero-order valence-corrected chi connectivity index (χ0v) is 13.8. The number of anilines is 2. The lowest BCUT2D eigenvalue weighted by molar-refractivity contribution is 0.208. The number of piperazine rings is 1. The van der Waals surface area contributed by atoms with E-state index in [1.165, 1.54) is 0 Å². The van der Waals surface area contributed by atoms with Gasteiger partial charge in [-0.15, -0.1) is 11.8 Å². The molecule has 0 aliphatic carbocycles. The van der Waals surface area contributed by atoms with E-state index in [4.69, 9.17) is 0 Å². The normalized spacial score (nSPS) is 14.7. The molecule has 3 rings (SSSR count). The highest BCUT2D eigenvalue weighted by atomic mass is 32.2. The van der Waals surface area contributed by atoms with Crippen LogP contribution in [0.3, 0.4) is 0 Å². The zero-order valence-electron chi connectivity index (χ0n) is 13.0. The number of carbonyl (C=O) groups excluding carboxylic acids is 1. The lowest BCUT2D eigenvalue weighted by Gasteiger charge is -2.34. The monoisotopic (exact) mass is 329 g/mol. The molecule has 2 amide bonds. The van der Waals surface area contributed by atoms with Gasteiger partial charge in [-0.05, 0) is 24.5 Å². The summed E-state index contributed by atoms with van der Waals surface area (Å²) in [7, 11) is 0. The summed E-state index contributed by atoms with van der Waals surface area (Å²) in [4.78, 5) is 25.9. The first-order chi connectivity index (χ1) is 11.3. The van der Waals surface area contributed by atoms with Gasteiger partial charge in [-0.25, -0.2) is 14.8 Å². The molecule has 2 aromatic rings. The molecule has 0 spiro atoms. The smallest absolute Gasteiger partial charge is 0.321 e. The molecule has 1 aromatic heterocycles. The third-order valence-electron chi connectivity index (χ3n) is 3.75. The molecule has 1 aromatic carbocycles. The fraction of sp³-hybridized carbons (Fsp3) is 0.312. The Hall–Kier alpha value is -2.28. The van der Waals surface area contributed by atoms with Gasteiger partial charge in [0.1, 0.15) is 0 Å². The molecule has 1 aliphatic rings. The van der Waals surface area contributed by atoms with Crippen molar-refractivity contribution in [2.45, 2.75) is 4.90 Å². The number of carbonyl (C=O) groups is 1. The van der Waals surface area contributed by atoms with Crippen LogP contribution in [0.1, 0.15) is 0 Å². The van der Waals surface area contributed by atoms with Crippen molar-refractivity contribution < 1.29 is 4.79 Å². The summed E-state index contributed by atoms with van der Waals surface area (Å²) in [5, 5.41) is 3.00. The summed E-state index contributed by atoms with van der Waals surface area (Å²) in [5.41, 5.74) is 0.860. The number of amides is 2. The van der Waals surface area contributed by atoms with Crippen molar-refractivity contribution in [3.05, 3.63) is 42.7 Å². The van der Waals surface area contributed by atoms with E-state index < -0.39 is 0 Å². The predicted molar refractivity (Wildman–Crippen MR) is 93.1 cm³/mol. The number of rotatable bonds is 3. The van der Waals surface area contributed by atoms with Crippen molar-refractivity contribution in [3.8, 4) is 0 Å². The molecule has 1 aliphatic heterocycles. The number of thioether (sulfide) groups is 1. The van der Waals surface area contributed by atoms with Gasteiger partial charge in [-0.2, -0.15) is 0 Å². The summed E-state index contributed by atoms with van der Waals surface area (Å²) < 4.78 is 0. The molecule has 0 unspecified atom stereocenters. The van der Waals surface area contributed by atoms with Crippen molar-refractivity contribution in [2.24, 2.45) is 0 Å². The van der Waals surface area contributed by atoms with Gasteiger partial charge < -0.3 is 15.1 Å². The topological polar surface area (TPSA) is 61.4 Å². The van der Waals surface area contributed by atoms with Crippen LogP contribution in [0, 0.1) is 0 Å². The number of benzene rings is 1. The van der Waals surface area contributed by atoms with E-state index in [1.54, 1.807) is 30.2 Å². The minimum Gasteiger partial charge on any atom is -0.337 e. The predicted octanol–water partition coefficient (Wildman–Crippen LogP) is 2.55. The Labute approximate surface area is 139 Å². The summed E-state index contributed by atoms with van der Waals surface area (Å²) in [6.07, 6.45) is 5.48. The highest BCUT2D eigenvalue weighted by molar-refractivity contribution is 7.98. The van der Waals surface area contributed by atoms with Gasteiger partial charge in [0, 0.05) is 43.5 Å². The highest BCUT2D eigenvalue weighted by Gasteiger charge is 2.22. The van der Waals surface area contributed by atoms with Crippen LogP contribution in [-0.4, -0.2) is 53.3 Å². The van der Waals surface area contributed by atoms with E-state index in [2.05, 4.69) is 20.2 Å². The molecular formula is C16H19N5OS. The molecule has 2 heterocycles. The van der Waals surface area contributed by atoms with E-state index in [1.807, 2.05) is 35.4 Å². The summed E-state index contributed by atoms with van der Waals surface area (Å²) in [5.74, 6) is 0.722. The Morgan fingerprint density at radius 1 is 1.09 bits per heavy atom. The Morgan fingerprint density at radius 2 is 1.78 bits per heavy atom. The molecule has 1 N–H and O–H groups in total. The molecular weight excluding hydrogens is 310 g/mol.